The van der Waals surface area contributed by atoms with Gasteiger partial charge < -0.3 is 10.2 Å². The first kappa shape index (κ1) is 19.6. The average molecular weight is 394 g/mol. The number of nitro groups is 1. The number of nitrogens with zero attached hydrogens (tertiary/aromatic N) is 2. The van der Waals surface area contributed by atoms with Gasteiger partial charge in [-0.15, -0.1) is 17.9 Å². The first-order chi connectivity index (χ1) is 12.4. The van der Waals surface area contributed by atoms with Crippen molar-refractivity contribution in [1.29, 1.82) is 0 Å². The summed E-state index contributed by atoms with van der Waals surface area (Å²) in [6.45, 7) is 4.08. The van der Waals surface area contributed by atoms with E-state index in [0.717, 1.165) is 10.9 Å². The second-order valence-electron chi connectivity index (χ2n) is 5.26. The van der Waals surface area contributed by atoms with E-state index in [1.54, 1.807) is 12.1 Å². The van der Waals surface area contributed by atoms with Crippen molar-refractivity contribution in [3.05, 3.63) is 73.9 Å². The van der Waals surface area contributed by atoms with E-state index in [2.05, 4.69) is 11.9 Å². The highest BCUT2D eigenvalue weighted by atomic mass is 35.5. The van der Waals surface area contributed by atoms with E-state index in [9.17, 15) is 19.7 Å². The Bertz CT molecular complexity index is 837. The molecule has 0 fully saturated rings. The zero-order chi connectivity index (χ0) is 19.1. The summed E-state index contributed by atoms with van der Waals surface area (Å²) in [5, 5.41) is 13.3. The van der Waals surface area contributed by atoms with Crippen LogP contribution in [-0.2, 0) is 11.3 Å². The van der Waals surface area contributed by atoms with Gasteiger partial charge in [0.05, 0.1) is 22.3 Å². The molecule has 7 nitrogen and oxygen atoms in total. The molecule has 0 spiro atoms. The number of nitrogens with one attached hydrogen (secondary N) is 1. The minimum absolute atomic E-state index is 0.118. The molecule has 1 N–H and O–H groups in total. The van der Waals surface area contributed by atoms with E-state index in [-0.39, 0.29) is 23.7 Å². The van der Waals surface area contributed by atoms with Crippen LogP contribution in [0.1, 0.15) is 15.2 Å². The number of hydrogen-bond donors (Lipinski definition) is 1. The maximum atomic E-state index is 12.4. The number of amides is 2. The Kier molecular flexibility index (Phi) is 6.88. The molecule has 136 valence electrons. The van der Waals surface area contributed by atoms with E-state index in [0.29, 0.717) is 17.4 Å². The summed E-state index contributed by atoms with van der Waals surface area (Å²) in [5.41, 5.74) is -0.0702. The van der Waals surface area contributed by atoms with Crippen LogP contribution in [0, 0.1) is 10.1 Å². The molecule has 0 aliphatic rings. The Morgan fingerprint density at radius 1 is 1.35 bits per heavy atom. The molecule has 2 rings (SSSR count). The fourth-order valence-corrected chi connectivity index (χ4v) is 3.27. The van der Waals surface area contributed by atoms with Gasteiger partial charge in [0.25, 0.3) is 11.6 Å². The highest BCUT2D eigenvalue weighted by Crippen LogP contribution is 2.22. The van der Waals surface area contributed by atoms with E-state index in [1.807, 2.05) is 6.07 Å². The van der Waals surface area contributed by atoms with Crippen molar-refractivity contribution in [3.8, 4) is 0 Å². The minimum atomic E-state index is -0.583. The van der Waals surface area contributed by atoms with Crippen molar-refractivity contribution in [2.45, 2.75) is 6.54 Å². The van der Waals surface area contributed by atoms with Crippen LogP contribution in [0.3, 0.4) is 0 Å². The van der Waals surface area contributed by atoms with Crippen molar-refractivity contribution < 1.29 is 14.5 Å². The first-order valence-electron chi connectivity index (χ1n) is 7.56. The first-order valence-corrected chi connectivity index (χ1v) is 8.75. The maximum Gasteiger partial charge on any atom is 0.270 e. The third-order valence-corrected chi connectivity index (χ3v) is 4.61. The van der Waals surface area contributed by atoms with Crippen molar-refractivity contribution in [2.75, 3.05) is 13.1 Å². The summed E-state index contributed by atoms with van der Waals surface area (Å²) in [5.74, 6) is -0.854. The summed E-state index contributed by atoms with van der Waals surface area (Å²) in [6, 6.07) is 8.90. The summed E-state index contributed by atoms with van der Waals surface area (Å²) in [7, 11) is 0. The Balaban J connectivity index is 1.98. The number of nitro benzene ring substituents is 1. The fourth-order valence-electron chi connectivity index (χ4n) is 2.17. The van der Waals surface area contributed by atoms with Crippen molar-refractivity contribution in [2.24, 2.45) is 0 Å². The number of benzene rings is 1. The van der Waals surface area contributed by atoms with E-state index >= 15 is 0 Å². The third kappa shape index (κ3) is 5.40. The van der Waals surface area contributed by atoms with Crippen molar-refractivity contribution >= 4 is 40.4 Å². The molecule has 0 aliphatic heterocycles. The highest BCUT2D eigenvalue weighted by molar-refractivity contribution is 7.16. The van der Waals surface area contributed by atoms with Crippen LogP contribution in [0.5, 0.6) is 0 Å². The molecule has 0 unspecified atom stereocenters. The topological polar surface area (TPSA) is 92.6 Å². The molecular formula is C17H16ClN3O4S. The van der Waals surface area contributed by atoms with Gasteiger partial charge >= 0.3 is 0 Å². The Morgan fingerprint density at radius 3 is 2.73 bits per heavy atom. The highest BCUT2D eigenvalue weighted by Gasteiger charge is 2.16. The van der Waals surface area contributed by atoms with E-state index in [4.69, 9.17) is 11.6 Å². The Labute approximate surface area is 159 Å². The zero-order valence-corrected chi connectivity index (χ0v) is 15.3. The SMILES string of the molecule is C=CCN(Cc1ccc(Cl)s1)C(=O)CNC(=O)c1cccc([N+](=O)[O-])c1. The van der Waals surface area contributed by atoms with Gasteiger partial charge in [0.15, 0.2) is 0 Å². The molecule has 2 amide bonds. The van der Waals surface area contributed by atoms with Crippen LogP contribution >= 0.6 is 22.9 Å². The lowest BCUT2D eigenvalue weighted by Gasteiger charge is -2.20. The number of hydrogen-bond acceptors (Lipinski definition) is 5. The molecule has 0 aliphatic carbocycles. The van der Waals surface area contributed by atoms with Gasteiger partial charge in [-0.1, -0.05) is 23.7 Å². The predicted octanol–water partition coefficient (Wildman–Crippen LogP) is 3.25. The minimum Gasteiger partial charge on any atom is -0.343 e. The lowest BCUT2D eigenvalue weighted by Crippen LogP contribution is -2.39. The molecule has 1 heterocycles. The second kappa shape index (κ2) is 9.12. The number of carbonyl (C=O) groups is 2. The van der Waals surface area contributed by atoms with Crippen LogP contribution in [0.4, 0.5) is 5.69 Å². The normalized spacial score (nSPS) is 10.2. The van der Waals surface area contributed by atoms with Gasteiger partial charge in [-0.05, 0) is 18.2 Å². The van der Waals surface area contributed by atoms with Gasteiger partial charge in [0.1, 0.15) is 0 Å². The molecule has 2 aromatic rings. The molecule has 0 saturated carbocycles. The molecule has 0 bridgehead atoms. The van der Waals surface area contributed by atoms with Gasteiger partial charge in [0, 0.05) is 29.1 Å². The lowest BCUT2D eigenvalue weighted by atomic mass is 10.2. The molecule has 0 radical (unpaired) electrons. The van der Waals surface area contributed by atoms with Crippen LogP contribution in [-0.4, -0.2) is 34.7 Å². The summed E-state index contributed by atoms with van der Waals surface area (Å²) in [4.78, 5) is 37.1. The summed E-state index contributed by atoms with van der Waals surface area (Å²) >= 11 is 7.27. The zero-order valence-electron chi connectivity index (χ0n) is 13.7. The molecule has 9 heteroatoms. The Hall–Kier alpha value is -2.71. The predicted molar refractivity (Wildman–Crippen MR) is 100 cm³/mol. The molecule has 26 heavy (non-hydrogen) atoms. The van der Waals surface area contributed by atoms with Gasteiger partial charge in [-0.2, -0.15) is 0 Å². The summed E-state index contributed by atoms with van der Waals surface area (Å²) in [6.07, 6.45) is 1.59. The molecule has 1 aromatic heterocycles. The number of rotatable bonds is 8. The molecule has 1 aromatic carbocycles. The quantitative estimate of drug-likeness (QED) is 0.423. The van der Waals surface area contributed by atoms with Gasteiger partial charge in [0.2, 0.25) is 5.91 Å². The number of halogens is 1. The van der Waals surface area contributed by atoms with Gasteiger partial charge in [-0.25, -0.2) is 0 Å². The molecule has 0 saturated heterocycles. The Morgan fingerprint density at radius 2 is 2.12 bits per heavy atom. The van der Waals surface area contributed by atoms with E-state index in [1.165, 1.54) is 34.4 Å². The van der Waals surface area contributed by atoms with Crippen LogP contribution in [0.2, 0.25) is 4.34 Å². The number of thiophene rings is 1. The third-order valence-electron chi connectivity index (χ3n) is 3.40. The van der Waals surface area contributed by atoms with Crippen LogP contribution in [0.15, 0.2) is 49.1 Å². The molecular weight excluding hydrogens is 378 g/mol. The number of non-ortho nitro benzene ring substituents is 1. The van der Waals surface area contributed by atoms with Crippen LogP contribution < -0.4 is 5.32 Å². The van der Waals surface area contributed by atoms with E-state index < -0.39 is 10.8 Å². The number of carbonyl (C=O) groups excluding carboxylic acids is 2. The van der Waals surface area contributed by atoms with Gasteiger partial charge in [-0.3, -0.25) is 19.7 Å². The average Bonchev–Trinajstić information content (AvgIpc) is 3.04. The standard InChI is InChI=1S/C17H16ClN3O4S/c1-2-8-20(11-14-6-7-15(18)26-14)16(22)10-19-17(23)12-4-3-5-13(9-12)21(24)25/h2-7,9H,1,8,10-11H2,(H,19,23). The largest absolute Gasteiger partial charge is 0.343 e. The fraction of sp³-hybridized carbons (Fsp3) is 0.176. The van der Waals surface area contributed by atoms with Crippen molar-refractivity contribution in [3.63, 3.8) is 0 Å². The monoisotopic (exact) mass is 393 g/mol. The lowest BCUT2D eigenvalue weighted by molar-refractivity contribution is -0.384. The molecule has 0 atom stereocenters. The second-order valence-corrected chi connectivity index (χ2v) is 7.06. The van der Waals surface area contributed by atoms with Crippen molar-refractivity contribution in [1.82, 2.24) is 10.2 Å². The smallest absolute Gasteiger partial charge is 0.270 e. The maximum absolute atomic E-state index is 12.4. The summed E-state index contributed by atoms with van der Waals surface area (Å²) < 4.78 is 0.630. The van der Waals surface area contributed by atoms with Crippen LogP contribution in [0.25, 0.3) is 0 Å².